The first-order valence-corrected chi connectivity index (χ1v) is 6.20. The van der Waals surface area contributed by atoms with Gasteiger partial charge in [0.15, 0.2) is 0 Å². The Morgan fingerprint density at radius 3 is 2.50 bits per heavy atom. The van der Waals surface area contributed by atoms with E-state index in [4.69, 9.17) is 16.7 Å². The number of nitrogens with zero attached hydrogens (tertiary/aromatic N) is 1. The van der Waals surface area contributed by atoms with Crippen molar-refractivity contribution in [3.63, 3.8) is 0 Å². The Morgan fingerprint density at radius 1 is 1.44 bits per heavy atom. The SMILES string of the molecule is O=CC(Cc1ccc(Cl)cc1)N(C(=O)O)C1CC1. The third-order valence-corrected chi connectivity index (χ3v) is 3.29. The van der Waals surface area contributed by atoms with Crippen LogP contribution in [-0.2, 0) is 11.2 Å². The van der Waals surface area contributed by atoms with Gasteiger partial charge in [0.05, 0.1) is 6.04 Å². The summed E-state index contributed by atoms with van der Waals surface area (Å²) in [4.78, 5) is 23.6. The third-order valence-electron chi connectivity index (χ3n) is 3.03. The van der Waals surface area contributed by atoms with Gasteiger partial charge in [-0.1, -0.05) is 23.7 Å². The average Bonchev–Trinajstić information content (AvgIpc) is 3.15. The highest BCUT2D eigenvalue weighted by Gasteiger charge is 2.37. The number of halogens is 1. The van der Waals surface area contributed by atoms with Crippen LogP contribution in [0.3, 0.4) is 0 Å². The van der Waals surface area contributed by atoms with E-state index in [1.807, 2.05) is 12.1 Å². The molecule has 0 spiro atoms. The lowest BCUT2D eigenvalue weighted by molar-refractivity contribution is -0.112. The molecule has 18 heavy (non-hydrogen) atoms. The first-order chi connectivity index (χ1) is 8.61. The van der Waals surface area contributed by atoms with Gasteiger partial charge >= 0.3 is 6.09 Å². The molecule has 0 radical (unpaired) electrons. The van der Waals surface area contributed by atoms with Gasteiger partial charge in [-0.05, 0) is 37.0 Å². The fourth-order valence-electron chi connectivity index (χ4n) is 2.00. The van der Waals surface area contributed by atoms with Gasteiger partial charge in [0, 0.05) is 11.1 Å². The fraction of sp³-hybridized carbons (Fsp3) is 0.385. The number of carbonyl (C=O) groups excluding carboxylic acids is 1. The third kappa shape index (κ3) is 3.01. The van der Waals surface area contributed by atoms with Gasteiger partial charge < -0.3 is 9.90 Å². The standard InChI is InChI=1S/C13H14ClNO3/c14-10-3-1-9(2-4-10)7-12(8-16)15(13(17)18)11-5-6-11/h1-4,8,11-12H,5-7H2,(H,17,18). The average molecular weight is 268 g/mol. The van der Waals surface area contributed by atoms with Crippen molar-refractivity contribution in [2.45, 2.75) is 31.3 Å². The minimum Gasteiger partial charge on any atom is -0.465 e. The van der Waals surface area contributed by atoms with Crippen LogP contribution < -0.4 is 0 Å². The van der Waals surface area contributed by atoms with E-state index in [1.165, 1.54) is 4.90 Å². The molecule has 1 amide bonds. The number of carboxylic acid groups (broad SMARTS) is 1. The maximum absolute atomic E-state index is 11.2. The molecule has 0 saturated heterocycles. The van der Waals surface area contributed by atoms with Gasteiger partial charge in [0.25, 0.3) is 0 Å². The largest absolute Gasteiger partial charge is 0.465 e. The van der Waals surface area contributed by atoms with Crippen LogP contribution in [0.1, 0.15) is 18.4 Å². The molecule has 1 atom stereocenters. The second-order valence-electron chi connectivity index (χ2n) is 4.46. The van der Waals surface area contributed by atoms with Gasteiger partial charge in [0.2, 0.25) is 0 Å². The van der Waals surface area contributed by atoms with Crippen molar-refractivity contribution < 1.29 is 14.7 Å². The van der Waals surface area contributed by atoms with Crippen molar-refractivity contribution in [3.8, 4) is 0 Å². The Bertz CT molecular complexity index is 442. The Labute approximate surface area is 110 Å². The molecule has 0 aromatic heterocycles. The van der Waals surface area contributed by atoms with E-state index in [1.54, 1.807) is 12.1 Å². The fourth-order valence-corrected chi connectivity index (χ4v) is 2.12. The molecule has 4 nitrogen and oxygen atoms in total. The number of benzene rings is 1. The van der Waals surface area contributed by atoms with Crippen molar-refractivity contribution in [3.05, 3.63) is 34.9 Å². The van der Waals surface area contributed by atoms with Crippen LogP contribution in [0.4, 0.5) is 4.79 Å². The monoisotopic (exact) mass is 267 g/mol. The summed E-state index contributed by atoms with van der Waals surface area (Å²) in [7, 11) is 0. The smallest absolute Gasteiger partial charge is 0.408 e. The molecular formula is C13H14ClNO3. The van der Waals surface area contributed by atoms with E-state index >= 15 is 0 Å². The highest BCUT2D eigenvalue weighted by molar-refractivity contribution is 6.30. The maximum atomic E-state index is 11.2. The zero-order valence-electron chi connectivity index (χ0n) is 9.75. The molecule has 2 rings (SSSR count). The summed E-state index contributed by atoms with van der Waals surface area (Å²) >= 11 is 5.78. The molecule has 1 aromatic carbocycles. The summed E-state index contributed by atoms with van der Waals surface area (Å²) in [5, 5.41) is 9.78. The molecule has 1 aliphatic rings. The van der Waals surface area contributed by atoms with E-state index in [9.17, 15) is 9.59 Å². The lowest BCUT2D eigenvalue weighted by Crippen LogP contribution is -2.43. The maximum Gasteiger partial charge on any atom is 0.408 e. The van der Waals surface area contributed by atoms with E-state index in [0.29, 0.717) is 17.7 Å². The van der Waals surface area contributed by atoms with Gasteiger partial charge in [-0.25, -0.2) is 4.79 Å². The predicted molar refractivity (Wildman–Crippen MR) is 67.9 cm³/mol. The van der Waals surface area contributed by atoms with Crippen LogP contribution in [-0.4, -0.2) is 34.5 Å². The summed E-state index contributed by atoms with van der Waals surface area (Å²) in [6, 6.07) is 6.49. The van der Waals surface area contributed by atoms with E-state index in [2.05, 4.69) is 0 Å². The van der Waals surface area contributed by atoms with Gasteiger partial charge in [-0.3, -0.25) is 4.90 Å². The number of carbonyl (C=O) groups is 2. The Morgan fingerprint density at radius 2 is 2.06 bits per heavy atom. The zero-order valence-corrected chi connectivity index (χ0v) is 10.5. The summed E-state index contributed by atoms with van der Waals surface area (Å²) in [6.45, 7) is 0. The molecule has 0 heterocycles. The molecule has 0 aliphatic heterocycles. The van der Waals surface area contributed by atoms with E-state index in [0.717, 1.165) is 18.4 Å². The number of hydrogen-bond donors (Lipinski definition) is 1. The highest BCUT2D eigenvalue weighted by Crippen LogP contribution is 2.29. The molecule has 0 bridgehead atoms. The minimum atomic E-state index is -1.02. The van der Waals surface area contributed by atoms with Crippen LogP contribution in [0.2, 0.25) is 5.02 Å². The van der Waals surface area contributed by atoms with Crippen LogP contribution in [0.25, 0.3) is 0 Å². The molecule has 1 saturated carbocycles. The second-order valence-corrected chi connectivity index (χ2v) is 4.89. The van der Waals surface area contributed by atoms with Gasteiger partial charge in [-0.15, -0.1) is 0 Å². The predicted octanol–water partition coefficient (Wildman–Crippen LogP) is 2.59. The van der Waals surface area contributed by atoms with Crippen molar-refractivity contribution in [1.29, 1.82) is 0 Å². The number of hydrogen-bond acceptors (Lipinski definition) is 2. The van der Waals surface area contributed by atoms with Crippen LogP contribution in [0.15, 0.2) is 24.3 Å². The highest BCUT2D eigenvalue weighted by atomic mass is 35.5. The number of rotatable bonds is 5. The van der Waals surface area contributed by atoms with Crippen LogP contribution in [0.5, 0.6) is 0 Å². The Kier molecular flexibility index (Phi) is 3.87. The zero-order chi connectivity index (χ0) is 13.1. The second kappa shape index (κ2) is 5.40. The van der Waals surface area contributed by atoms with Crippen molar-refractivity contribution in [2.24, 2.45) is 0 Å². The Hall–Kier alpha value is -1.55. The lowest BCUT2D eigenvalue weighted by atomic mass is 10.1. The van der Waals surface area contributed by atoms with Crippen LogP contribution in [0, 0.1) is 0 Å². The Balaban J connectivity index is 2.10. The first kappa shape index (κ1) is 12.9. The van der Waals surface area contributed by atoms with Gasteiger partial charge in [-0.2, -0.15) is 0 Å². The molecule has 1 aromatic rings. The molecule has 96 valence electrons. The van der Waals surface area contributed by atoms with Crippen LogP contribution >= 0.6 is 11.6 Å². The summed E-state index contributed by atoms with van der Waals surface area (Å²) in [5.74, 6) is 0. The summed E-state index contributed by atoms with van der Waals surface area (Å²) in [5.41, 5.74) is 0.906. The molecule has 1 fully saturated rings. The van der Waals surface area contributed by atoms with E-state index < -0.39 is 12.1 Å². The van der Waals surface area contributed by atoms with Crippen molar-refractivity contribution in [2.75, 3.05) is 0 Å². The topological polar surface area (TPSA) is 57.6 Å². The van der Waals surface area contributed by atoms with Crippen molar-refractivity contribution in [1.82, 2.24) is 4.90 Å². The number of amides is 1. The van der Waals surface area contributed by atoms with Crippen molar-refractivity contribution >= 4 is 24.0 Å². The summed E-state index contributed by atoms with van der Waals surface area (Å²) in [6.07, 6.45) is 1.77. The molecule has 1 N–H and O–H groups in total. The first-order valence-electron chi connectivity index (χ1n) is 5.83. The number of aldehydes is 1. The molecular weight excluding hydrogens is 254 g/mol. The quantitative estimate of drug-likeness (QED) is 0.834. The molecule has 5 heteroatoms. The minimum absolute atomic E-state index is 0.00463. The molecule has 1 aliphatic carbocycles. The molecule has 1 unspecified atom stereocenters. The van der Waals surface area contributed by atoms with E-state index in [-0.39, 0.29) is 6.04 Å². The van der Waals surface area contributed by atoms with Gasteiger partial charge in [0.1, 0.15) is 6.29 Å². The summed E-state index contributed by atoms with van der Waals surface area (Å²) < 4.78 is 0. The lowest BCUT2D eigenvalue weighted by Gasteiger charge is -2.25. The normalized spacial score (nSPS) is 16.1.